The third-order valence-electron chi connectivity index (χ3n) is 4.31. The molecule has 2 aromatic carbocycles. The molecule has 2 aromatic rings. The number of halogens is 3. The molecule has 0 amide bonds. The second kappa shape index (κ2) is 9.41. The number of anilines is 1. The summed E-state index contributed by atoms with van der Waals surface area (Å²) in [5.41, 5.74) is 0.263. The summed E-state index contributed by atoms with van der Waals surface area (Å²) in [5.74, 6) is -0.727. The Morgan fingerprint density at radius 2 is 1.72 bits per heavy atom. The number of phenols is 1. The van der Waals surface area contributed by atoms with Gasteiger partial charge in [-0.25, -0.2) is 0 Å². The summed E-state index contributed by atoms with van der Waals surface area (Å²) in [6.07, 6.45) is -2.27. The maximum atomic E-state index is 13.3. The summed E-state index contributed by atoms with van der Waals surface area (Å²) in [6, 6.07) is 10.2. The molecule has 0 radical (unpaired) electrons. The number of alkyl halides is 3. The Morgan fingerprint density at radius 3 is 2.31 bits per heavy atom. The highest BCUT2D eigenvalue weighted by Gasteiger charge is 2.33. The fourth-order valence-corrected chi connectivity index (χ4v) is 2.68. The average Bonchev–Trinajstić information content (AvgIpc) is 2.65. The van der Waals surface area contributed by atoms with Crippen LogP contribution in [-0.2, 0) is 22.2 Å². The Labute approximate surface area is 167 Å². The predicted molar refractivity (Wildman–Crippen MR) is 106 cm³/mol. The Bertz CT molecular complexity index is 901. The van der Waals surface area contributed by atoms with Crippen LogP contribution in [0.4, 0.5) is 18.9 Å². The first-order valence-corrected chi connectivity index (χ1v) is 8.95. The van der Waals surface area contributed by atoms with Gasteiger partial charge in [0.1, 0.15) is 11.5 Å². The average molecular weight is 405 g/mol. The molecule has 0 atom stereocenters. The molecule has 0 bridgehead atoms. The maximum absolute atomic E-state index is 13.3. The molecular weight excluding hydrogens is 383 g/mol. The lowest BCUT2D eigenvalue weighted by atomic mass is 10.0. The molecule has 0 aliphatic rings. The predicted octanol–water partition coefficient (Wildman–Crippen LogP) is 4.65. The molecule has 0 fully saturated rings. The summed E-state index contributed by atoms with van der Waals surface area (Å²) in [6.45, 7) is 0. The SMILES string of the molecule is CN(C)c1ccc(C=CC(=O)CC(=O)CCc2ccc(O)cc2)c(C(F)(F)F)c1. The number of nitrogens with zero attached hydrogens (tertiary/aromatic N) is 1. The van der Waals surface area contributed by atoms with Gasteiger partial charge in [0.15, 0.2) is 5.78 Å². The molecule has 1 N–H and O–H groups in total. The van der Waals surface area contributed by atoms with Gasteiger partial charge in [0, 0.05) is 26.2 Å². The van der Waals surface area contributed by atoms with E-state index in [1.807, 2.05) is 0 Å². The highest BCUT2D eigenvalue weighted by molar-refractivity contribution is 6.06. The van der Waals surface area contributed by atoms with Crippen molar-refractivity contribution in [3.8, 4) is 5.75 Å². The van der Waals surface area contributed by atoms with Crippen molar-refractivity contribution in [1.82, 2.24) is 0 Å². The molecule has 154 valence electrons. The van der Waals surface area contributed by atoms with Crippen molar-refractivity contribution in [1.29, 1.82) is 0 Å². The maximum Gasteiger partial charge on any atom is 0.417 e. The second-order valence-corrected chi connectivity index (χ2v) is 6.85. The number of phenolic OH excluding ortho intramolecular Hbond substituents is 1. The van der Waals surface area contributed by atoms with Crippen molar-refractivity contribution in [2.24, 2.45) is 0 Å². The van der Waals surface area contributed by atoms with Gasteiger partial charge in [-0.05, 0) is 47.9 Å². The molecule has 7 heteroatoms. The molecule has 0 spiro atoms. The minimum atomic E-state index is -4.56. The highest BCUT2D eigenvalue weighted by atomic mass is 19.4. The zero-order valence-corrected chi connectivity index (χ0v) is 16.2. The Kier molecular flexibility index (Phi) is 7.20. The standard InChI is InChI=1S/C22H22F3NO3/c1-26(2)17-8-6-16(21(13-17)22(23,24)25)7-12-20(29)14-19(28)11-5-15-3-9-18(27)10-4-15/h3-4,6-10,12-13,27H,5,11,14H2,1-2H3. The fourth-order valence-electron chi connectivity index (χ4n) is 2.68. The number of aryl methyl sites for hydroxylation is 1. The Hall–Kier alpha value is -3.09. The van der Waals surface area contributed by atoms with E-state index < -0.39 is 17.5 Å². The van der Waals surface area contributed by atoms with Crippen LogP contribution in [0.5, 0.6) is 5.75 Å². The summed E-state index contributed by atoms with van der Waals surface area (Å²) in [5, 5.41) is 9.23. The molecule has 0 saturated heterocycles. The Balaban J connectivity index is 2.00. The number of hydrogen-bond acceptors (Lipinski definition) is 4. The number of Topliss-reactive ketones (excluding diaryl/α,β-unsaturated/α-hetero) is 1. The monoisotopic (exact) mass is 405 g/mol. The zero-order chi connectivity index (χ0) is 21.6. The molecule has 2 rings (SSSR count). The lowest BCUT2D eigenvalue weighted by Gasteiger charge is -2.17. The summed E-state index contributed by atoms with van der Waals surface area (Å²) >= 11 is 0. The number of allylic oxidation sites excluding steroid dienone is 1. The van der Waals surface area contributed by atoms with Crippen molar-refractivity contribution < 1.29 is 27.9 Å². The minimum absolute atomic E-state index is 0.122. The highest BCUT2D eigenvalue weighted by Crippen LogP contribution is 2.35. The van der Waals surface area contributed by atoms with E-state index in [-0.39, 0.29) is 29.9 Å². The molecule has 4 nitrogen and oxygen atoms in total. The van der Waals surface area contributed by atoms with Crippen molar-refractivity contribution in [2.45, 2.75) is 25.4 Å². The van der Waals surface area contributed by atoms with Crippen LogP contribution in [0.15, 0.2) is 48.5 Å². The van der Waals surface area contributed by atoms with Gasteiger partial charge in [-0.3, -0.25) is 9.59 Å². The largest absolute Gasteiger partial charge is 0.508 e. The summed E-state index contributed by atoms with van der Waals surface area (Å²) in [7, 11) is 3.27. The van der Waals surface area contributed by atoms with Gasteiger partial charge < -0.3 is 10.0 Å². The molecule has 0 aliphatic carbocycles. The van der Waals surface area contributed by atoms with E-state index in [0.29, 0.717) is 12.1 Å². The molecule has 29 heavy (non-hydrogen) atoms. The minimum Gasteiger partial charge on any atom is -0.508 e. The van der Waals surface area contributed by atoms with Crippen LogP contribution >= 0.6 is 0 Å². The third kappa shape index (κ3) is 6.78. The fraction of sp³-hybridized carbons (Fsp3) is 0.273. The molecule has 0 unspecified atom stereocenters. The van der Waals surface area contributed by atoms with E-state index in [9.17, 15) is 27.9 Å². The van der Waals surface area contributed by atoms with E-state index in [0.717, 1.165) is 23.8 Å². The van der Waals surface area contributed by atoms with Crippen LogP contribution in [0.2, 0.25) is 0 Å². The number of hydrogen-bond donors (Lipinski definition) is 1. The number of benzene rings is 2. The molecule has 0 heterocycles. The van der Waals surface area contributed by atoms with Crippen LogP contribution in [0.3, 0.4) is 0 Å². The van der Waals surface area contributed by atoms with Gasteiger partial charge >= 0.3 is 6.18 Å². The number of ketones is 2. The first-order chi connectivity index (χ1) is 13.6. The van der Waals surface area contributed by atoms with Gasteiger partial charge in [0.2, 0.25) is 0 Å². The van der Waals surface area contributed by atoms with Crippen LogP contribution in [-0.4, -0.2) is 30.8 Å². The lowest BCUT2D eigenvalue weighted by molar-refractivity contribution is -0.137. The topological polar surface area (TPSA) is 57.6 Å². The normalized spacial score (nSPS) is 11.6. The van der Waals surface area contributed by atoms with Crippen LogP contribution < -0.4 is 4.90 Å². The first kappa shape index (κ1) is 22.2. The number of carbonyl (C=O) groups is 2. The number of carbonyl (C=O) groups excluding carboxylic acids is 2. The third-order valence-corrected chi connectivity index (χ3v) is 4.31. The van der Waals surface area contributed by atoms with Crippen LogP contribution in [0.1, 0.15) is 29.5 Å². The van der Waals surface area contributed by atoms with Crippen LogP contribution in [0, 0.1) is 0 Å². The van der Waals surface area contributed by atoms with Crippen LogP contribution in [0.25, 0.3) is 6.08 Å². The summed E-state index contributed by atoms with van der Waals surface area (Å²) in [4.78, 5) is 25.5. The van der Waals surface area contributed by atoms with Crippen molar-refractivity contribution >= 4 is 23.3 Å². The molecular formula is C22H22F3NO3. The number of aromatic hydroxyl groups is 1. The van der Waals surface area contributed by atoms with Gasteiger partial charge in [-0.1, -0.05) is 24.3 Å². The smallest absolute Gasteiger partial charge is 0.417 e. The lowest BCUT2D eigenvalue weighted by Crippen LogP contribution is -2.13. The molecule has 0 aliphatic heterocycles. The van der Waals surface area contributed by atoms with Crippen molar-refractivity contribution in [2.75, 3.05) is 19.0 Å². The van der Waals surface area contributed by atoms with E-state index in [4.69, 9.17) is 0 Å². The second-order valence-electron chi connectivity index (χ2n) is 6.85. The summed E-state index contributed by atoms with van der Waals surface area (Å²) < 4.78 is 39.9. The molecule has 0 aromatic heterocycles. The van der Waals surface area contributed by atoms with E-state index in [1.54, 1.807) is 31.1 Å². The van der Waals surface area contributed by atoms with Crippen molar-refractivity contribution in [3.05, 3.63) is 65.2 Å². The first-order valence-electron chi connectivity index (χ1n) is 8.95. The quantitative estimate of drug-likeness (QED) is 0.513. The van der Waals surface area contributed by atoms with E-state index >= 15 is 0 Å². The van der Waals surface area contributed by atoms with Gasteiger partial charge in [0.05, 0.1) is 12.0 Å². The van der Waals surface area contributed by atoms with E-state index in [2.05, 4.69) is 0 Å². The van der Waals surface area contributed by atoms with Gasteiger partial charge in [0.25, 0.3) is 0 Å². The molecule has 0 saturated carbocycles. The van der Waals surface area contributed by atoms with Gasteiger partial charge in [-0.2, -0.15) is 13.2 Å². The number of rotatable bonds is 8. The van der Waals surface area contributed by atoms with Crippen molar-refractivity contribution in [3.63, 3.8) is 0 Å². The van der Waals surface area contributed by atoms with E-state index in [1.165, 1.54) is 24.3 Å². The Morgan fingerprint density at radius 1 is 1.07 bits per heavy atom. The van der Waals surface area contributed by atoms with Gasteiger partial charge in [-0.15, -0.1) is 0 Å². The zero-order valence-electron chi connectivity index (χ0n) is 16.2.